The van der Waals surface area contributed by atoms with E-state index in [0.717, 1.165) is 6.42 Å². The molecule has 1 aromatic carbocycles. The van der Waals surface area contributed by atoms with Gasteiger partial charge in [-0.25, -0.2) is 4.39 Å². The van der Waals surface area contributed by atoms with E-state index in [-0.39, 0.29) is 41.6 Å². The number of rotatable bonds is 2. The Morgan fingerprint density at radius 1 is 0.944 bits per heavy atom. The fourth-order valence-electron chi connectivity index (χ4n) is 6.95. The number of halogens is 7. The molecule has 2 unspecified atom stereocenters. The summed E-state index contributed by atoms with van der Waals surface area (Å²) in [5, 5.41) is 2.86. The zero-order chi connectivity index (χ0) is 26.1. The van der Waals surface area contributed by atoms with Crippen molar-refractivity contribution in [3.05, 3.63) is 34.9 Å². The van der Waals surface area contributed by atoms with Crippen LogP contribution in [-0.2, 0) is 21.7 Å². The van der Waals surface area contributed by atoms with Crippen LogP contribution in [0.2, 0.25) is 0 Å². The van der Waals surface area contributed by atoms with Crippen molar-refractivity contribution in [2.75, 3.05) is 19.6 Å². The minimum Gasteiger partial charge on any atom is -0.356 e. The lowest BCUT2D eigenvalue weighted by Gasteiger charge is -2.40. The summed E-state index contributed by atoms with van der Waals surface area (Å²) in [6.45, 7) is 1.64. The van der Waals surface area contributed by atoms with E-state index in [1.54, 1.807) is 4.90 Å². The van der Waals surface area contributed by atoms with E-state index in [0.29, 0.717) is 69.4 Å². The quantitative estimate of drug-likeness (QED) is 0.548. The lowest BCUT2D eigenvalue weighted by Crippen LogP contribution is -2.50. The first-order chi connectivity index (χ1) is 16.8. The van der Waals surface area contributed by atoms with Crippen molar-refractivity contribution in [3.63, 3.8) is 0 Å². The molecule has 1 spiro atoms. The van der Waals surface area contributed by atoms with Crippen molar-refractivity contribution in [3.8, 4) is 0 Å². The standard InChI is InChI=1S/C25H27F7N2O2/c26-23(24(27,28)29,25(30,31)32)15-2-4-16-14(13-15)1-3-18-17(16)5-6-19(18)20(35)34-11-8-22(9-12-34)7-10-33-21(22)36/h2,4,13,17-19H,1,3,5-12H2,(H,33,36)/t17?,18?,19-/m1/s1. The minimum atomic E-state index is -6.15. The smallest absolute Gasteiger partial charge is 0.356 e. The topological polar surface area (TPSA) is 49.4 Å². The van der Waals surface area contributed by atoms with Crippen molar-refractivity contribution in [1.82, 2.24) is 10.2 Å². The van der Waals surface area contributed by atoms with Crippen LogP contribution in [0.1, 0.15) is 61.1 Å². The molecule has 36 heavy (non-hydrogen) atoms. The molecular formula is C25H27F7N2O2. The third-order valence-electron chi connectivity index (χ3n) is 9.01. The lowest BCUT2D eigenvalue weighted by atomic mass is 9.72. The van der Waals surface area contributed by atoms with Crippen LogP contribution in [0, 0.1) is 17.3 Å². The van der Waals surface area contributed by atoms with Crippen molar-refractivity contribution < 1.29 is 40.3 Å². The first-order valence-corrected chi connectivity index (χ1v) is 12.3. The maximum Gasteiger partial charge on any atom is 0.435 e. The van der Waals surface area contributed by atoms with Gasteiger partial charge in [-0.05, 0) is 67.9 Å². The van der Waals surface area contributed by atoms with Gasteiger partial charge in [-0.1, -0.05) is 18.2 Å². The van der Waals surface area contributed by atoms with Crippen LogP contribution in [0.15, 0.2) is 18.2 Å². The van der Waals surface area contributed by atoms with Gasteiger partial charge in [0.25, 0.3) is 0 Å². The van der Waals surface area contributed by atoms with Crippen molar-refractivity contribution in [2.24, 2.45) is 17.3 Å². The van der Waals surface area contributed by atoms with Crippen LogP contribution < -0.4 is 5.32 Å². The average molecular weight is 520 g/mol. The predicted molar refractivity (Wildman–Crippen MR) is 114 cm³/mol. The normalized spacial score (nSPS) is 28.1. The summed E-state index contributed by atoms with van der Waals surface area (Å²) in [7, 11) is 0. The Bertz CT molecular complexity index is 1050. The molecular weight excluding hydrogens is 493 g/mol. The van der Waals surface area contributed by atoms with Crippen molar-refractivity contribution in [1.29, 1.82) is 0 Å². The molecule has 1 aromatic rings. The molecule has 1 saturated carbocycles. The highest BCUT2D eigenvalue weighted by atomic mass is 19.4. The number of carbonyl (C=O) groups excluding carboxylic acids is 2. The van der Waals surface area contributed by atoms with Crippen LogP contribution in [0.4, 0.5) is 30.7 Å². The van der Waals surface area contributed by atoms with E-state index >= 15 is 0 Å². The number of amides is 2. The van der Waals surface area contributed by atoms with Gasteiger partial charge in [-0.3, -0.25) is 9.59 Å². The Labute approximate surface area is 203 Å². The molecule has 3 fully saturated rings. The Hall–Kier alpha value is -2.33. The maximum absolute atomic E-state index is 14.6. The molecule has 4 nitrogen and oxygen atoms in total. The second-order valence-electron chi connectivity index (χ2n) is 10.7. The van der Waals surface area contributed by atoms with E-state index in [4.69, 9.17) is 0 Å². The largest absolute Gasteiger partial charge is 0.435 e. The zero-order valence-corrected chi connectivity index (χ0v) is 19.4. The van der Waals surface area contributed by atoms with E-state index in [1.165, 1.54) is 6.07 Å². The van der Waals surface area contributed by atoms with Crippen LogP contribution in [0.3, 0.4) is 0 Å². The summed E-state index contributed by atoms with van der Waals surface area (Å²) in [5.74, 6) is -0.457. The highest BCUT2D eigenvalue weighted by molar-refractivity contribution is 5.85. The van der Waals surface area contributed by atoms with E-state index in [2.05, 4.69) is 5.32 Å². The van der Waals surface area contributed by atoms with Crippen LogP contribution >= 0.6 is 0 Å². The number of hydrogen-bond acceptors (Lipinski definition) is 2. The summed E-state index contributed by atoms with van der Waals surface area (Å²) in [5.41, 5.74) is -6.40. The third-order valence-corrected chi connectivity index (χ3v) is 9.01. The summed E-state index contributed by atoms with van der Waals surface area (Å²) in [6, 6.07) is 2.48. The molecule has 3 atom stereocenters. The SMILES string of the molecule is O=C([C@@H]1CCC2c3ccc(C(F)(C(F)(F)F)C(F)(F)F)cc3CCC21)N1CCC2(CCNC2=O)CC1. The minimum absolute atomic E-state index is 0.00717. The summed E-state index contributed by atoms with van der Waals surface area (Å²) >= 11 is 0. The Morgan fingerprint density at radius 3 is 2.19 bits per heavy atom. The number of nitrogens with one attached hydrogen (secondary N) is 1. The summed E-state index contributed by atoms with van der Waals surface area (Å²) in [6.07, 6.45) is -8.51. The second-order valence-corrected chi connectivity index (χ2v) is 10.7. The number of carbonyl (C=O) groups is 2. The summed E-state index contributed by atoms with van der Waals surface area (Å²) in [4.78, 5) is 27.4. The average Bonchev–Trinajstić information content (AvgIpc) is 3.40. The Morgan fingerprint density at radius 2 is 1.61 bits per heavy atom. The Kier molecular flexibility index (Phi) is 5.87. The number of fused-ring (bicyclic) bond motifs is 3. The van der Waals surface area contributed by atoms with Crippen LogP contribution in [0.25, 0.3) is 0 Å². The Balaban J connectivity index is 1.33. The monoisotopic (exact) mass is 520 g/mol. The number of benzene rings is 1. The third kappa shape index (κ3) is 3.70. The number of aryl methyl sites for hydroxylation is 1. The molecule has 2 aliphatic heterocycles. The van der Waals surface area contributed by atoms with Gasteiger partial charge in [-0.2, -0.15) is 26.3 Å². The zero-order valence-electron chi connectivity index (χ0n) is 19.4. The van der Waals surface area contributed by atoms with Crippen molar-refractivity contribution >= 4 is 11.8 Å². The number of hydrogen-bond donors (Lipinski definition) is 1. The molecule has 2 saturated heterocycles. The van der Waals surface area contributed by atoms with Gasteiger partial charge in [0.2, 0.25) is 11.8 Å². The summed E-state index contributed by atoms with van der Waals surface area (Å²) < 4.78 is 93.8. The number of piperidine rings is 1. The van der Waals surface area contributed by atoms with Crippen LogP contribution in [-0.4, -0.2) is 48.7 Å². The predicted octanol–water partition coefficient (Wildman–Crippen LogP) is 5.16. The van der Waals surface area contributed by atoms with E-state index in [9.17, 15) is 40.3 Å². The van der Waals surface area contributed by atoms with Gasteiger partial charge < -0.3 is 10.2 Å². The van der Waals surface area contributed by atoms with Crippen molar-refractivity contribution in [2.45, 2.75) is 68.9 Å². The van der Waals surface area contributed by atoms with E-state index < -0.39 is 29.0 Å². The molecule has 2 amide bonds. The van der Waals surface area contributed by atoms with Crippen LogP contribution in [0.5, 0.6) is 0 Å². The first kappa shape index (κ1) is 25.3. The lowest BCUT2D eigenvalue weighted by molar-refractivity contribution is -0.348. The molecule has 0 bridgehead atoms. The highest BCUT2D eigenvalue weighted by Gasteiger charge is 2.73. The highest BCUT2D eigenvalue weighted by Crippen LogP contribution is 2.55. The van der Waals surface area contributed by atoms with Gasteiger partial charge in [0.05, 0.1) is 5.41 Å². The molecule has 2 aliphatic carbocycles. The maximum atomic E-state index is 14.6. The second kappa shape index (κ2) is 8.34. The molecule has 0 aromatic heterocycles. The van der Waals surface area contributed by atoms with Gasteiger partial charge in [0, 0.05) is 31.1 Å². The van der Waals surface area contributed by atoms with E-state index in [1.807, 2.05) is 0 Å². The molecule has 2 heterocycles. The molecule has 4 aliphatic rings. The fraction of sp³-hybridized carbons (Fsp3) is 0.680. The molecule has 11 heteroatoms. The molecule has 198 valence electrons. The van der Waals surface area contributed by atoms with Gasteiger partial charge >= 0.3 is 18.0 Å². The first-order valence-electron chi connectivity index (χ1n) is 12.3. The molecule has 0 radical (unpaired) electrons. The number of alkyl halides is 7. The molecule has 5 rings (SSSR count). The van der Waals surface area contributed by atoms with Gasteiger partial charge in [-0.15, -0.1) is 0 Å². The number of likely N-dealkylation sites (tertiary alicyclic amines) is 1. The fourth-order valence-corrected chi connectivity index (χ4v) is 6.95. The number of nitrogens with zero attached hydrogens (tertiary/aromatic N) is 1. The molecule has 1 N–H and O–H groups in total. The van der Waals surface area contributed by atoms with Gasteiger partial charge in [0.1, 0.15) is 0 Å². The van der Waals surface area contributed by atoms with Gasteiger partial charge in [0.15, 0.2) is 0 Å².